The van der Waals surface area contributed by atoms with Gasteiger partial charge in [0.25, 0.3) is 0 Å². The van der Waals surface area contributed by atoms with Gasteiger partial charge in [0, 0.05) is 23.5 Å². The molecule has 2 N–H and O–H groups in total. The molecule has 4 heteroatoms. The fourth-order valence-corrected chi connectivity index (χ4v) is 2.81. The van der Waals surface area contributed by atoms with Gasteiger partial charge >= 0.3 is 0 Å². The zero-order chi connectivity index (χ0) is 15.2. The number of aliphatic hydroxyl groups excluding tert-OH is 2. The van der Waals surface area contributed by atoms with Crippen LogP contribution >= 0.6 is 0 Å². The highest BCUT2D eigenvalue weighted by atomic mass is 16.3. The number of aliphatic hydroxyl groups is 2. The topological polar surface area (TPSA) is 56.6 Å². The molecule has 2 aromatic rings. The minimum absolute atomic E-state index is 0.0464. The van der Waals surface area contributed by atoms with E-state index in [1.165, 1.54) is 0 Å². The van der Waals surface area contributed by atoms with E-state index in [-0.39, 0.29) is 13.2 Å². The Balaban J connectivity index is 2.54. The number of fused-ring (bicyclic) bond motifs is 1. The highest BCUT2D eigenvalue weighted by Gasteiger charge is 2.20. The summed E-state index contributed by atoms with van der Waals surface area (Å²) in [6.45, 7) is 4.84. The lowest BCUT2D eigenvalue weighted by Crippen LogP contribution is -2.38. The molecule has 0 saturated carbocycles. The molecule has 0 atom stereocenters. The van der Waals surface area contributed by atoms with Crippen molar-refractivity contribution >= 4 is 16.7 Å². The van der Waals surface area contributed by atoms with E-state index in [0.29, 0.717) is 12.6 Å². The third-order valence-corrected chi connectivity index (χ3v) is 3.95. The molecular formula is C17H24N2O2. The predicted molar refractivity (Wildman–Crippen MR) is 86.5 cm³/mol. The summed E-state index contributed by atoms with van der Waals surface area (Å²) in [5, 5.41) is 20.1. The number of rotatable bonds is 7. The molecule has 1 aromatic carbocycles. The molecule has 0 aliphatic rings. The largest absolute Gasteiger partial charge is 0.395 e. The lowest BCUT2D eigenvalue weighted by molar-refractivity contribution is 0.278. The Hall–Kier alpha value is -1.65. The number of hydrogen-bond acceptors (Lipinski definition) is 4. The van der Waals surface area contributed by atoms with E-state index in [1.807, 2.05) is 30.3 Å². The van der Waals surface area contributed by atoms with E-state index in [9.17, 15) is 10.2 Å². The van der Waals surface area contributed by atoms with Crippen LogP contribution in [0.25, 0.3) is 10.9 Å². The maximum absolute atomic E-state index is 9.69. The summed E-state index contributed by atoms with van der Waals surface area (Å²) < 4.78 is 0. The first-order chi connectivity index (χ1) is 10.2. The van der Waals surface area contributed by atoms with E-state index in [0.717, 1.165) is 35.1 Å². The van der Waals surface area contributed by atoms with Gasteiger partial charge in [-0.05, 0) is 25.0 Å². The van der Waals surface area contributed by atoms with Crippen molar-refractivity contribution in [2.24, 2.45) is 0 Å². The minimum atomic E-state index is -0.0464. The van der Waals surface area contributed by atoms with Gasteiger partial charge in [-0.25, -0.2) is 4.98 Å². The predicted octanol–water partition coefficient (Wildman–Crippen LogP) is 2.71. The van der Waals surface area contributed by atoms with E-state index in [1.54, 1.807) is 0 Å². The van der Waals surface area contributed by atoms with Crippen molar-refractivity contribution < 1.29 is 10.2 Å². The Kier molecular flexibility index (Phi) is 5.53. The van der Waals surface area contributed by atoms with Gasteiger partial charge in [-0.1, -0.05) is 32.0 Å². The highest BCUT2D eigenvalue weighted by molar-refractivity contribution is 5.81. The zero-order valence-electron chi connectivity index (χ0n) is 12.8. The van der Waals surface area contributed by atoms with Gasteiger partial charge in [-0.15, -0.1) is 0 Å². The Morgan fingerprint density at radius 3 is 2.48 bits per heavy atom. The van der Waals surface area contributed by atoms with Crippen molar-refractivity contribution in [1.29, 1.82) is 0 Å². The van der Waals surface area contributed by atoms with Gasteiger partial charge in [0.05, 0.1) is 18.7 Å². The fraction of sp³-hybridized carbons (Fsp3) is 0.471. The van der Waals surface area contributed by atoms with Crippen LogP contribution in [0.3, 0.4) is 0 Å². The molecule has 0 amide bonds. The third-order valence-electron chi connectivity index (χ3n) is 3.95. The molecule has 0 spiro atoms. The maximum Gasteiger partial charge on any atom is 0.135 e. The molecule has 0 bridgehead atoms. The second-order valence-corrected chi connectivity index (χ2v) is 5.21. The molecule has 0 aliphatic heterocycles. The van der Waals surface area contributed by atoms with Crippen molar-refractivity contribution in [3.63, 3.8) is 0 Å². The molecule has 0 saturated heterocycles. The Morgan fingerprint density at radius 2 is 1.86 bits per heavy atom. The average Bonchev–Trinajstić information content (AvgIpc) is 2.53. The molecule has 0 fully saturated rings. The quantitative estimate of drug-likeness (QED) is 0.822. The summed E-state index contributed by atoms with van der Waals surface area (Å²) >= 11 is 0. The Morgan fingerprint density at radius 1 is 1.14 bits per heavy atom. The number of pyridine rings is 1. The van der Waals surface area contributed by atoms with Gasteiger partial charge in [-0.2, -0.15) is 0 Å². The molecule has 1 heterocycles. The van der Waals surface area contributed by atoms with Gasteiger partial charge in [0.15, 0.2) is 0 Å². The number of benzene rings is 1. The van der Waals surface area contributed by atoms with E-state index in [2.05, 4.69) is 18.7 Å². The summed E-state index contributed by atoms with van der Waals surface area (Å²) in [5.74, 6) is 0.791. The standard InChI is InChI=1S/C17H24N2O2/c1-3-15(4-2)19(9-10-20)17-14(12-21)11-13-7-5-6-8-16(13)18-17/h5-8,11,15,20-21H,3-4,9-10,12H2,1-2H3. The number of anilines is 1. The van der Waals surface area contributed by atoms with E-state index in [4.69, 9.17) is 4.98 Å². The van der Waals surface area contributed by atoms with Crippen molar-refractivity contribution in [1.82, 2.24) is 4.98 Å². The van der Waals surface area contributed by atoms with Crippen LogP contribution in [0.1, 0.15) is 32.3 Å². The number of aromatic nitrogens is 1. The van der Waals surface area contributed by atoms with Crippen LogP contribution < -0.4 is 4.90 Å². The third kappa shape index (κ3) is 3.34. The minimum Gasteiger partial charge on any atom is -0.395 e. The smallest absolute Gasteiger partial charge is 0.135 e. The maximum atomic E-state index is 9.69. The molecule has 21 heavy (non-hydrogen) atoms. The second kappa shape index (κ2) is 7.38. The highest BCUT2D eigenvalue weighted by Crippen LogP contribution is 2.26. The van der Waals surface area contributed by atoms with E-state index < -0.39 is 0 Å². The second-order valence-electron chi connectivity index (χ2n) is 5.21. The summed E-state index contributed by atoms with van der Waals surface area (Å²) in [6.07, 6.45) is 1.96. The van der Waals surface area contributed by atoms with Crippen molar-refractivity contribution in [3.05, 3.63) is 35.9 Å². The SMILES string of the molecule is CCC(CC)N(CCO)c1nc2ccccc2cc1CO. The van der Waals surface area contributed by atoms with Crippen molar-refractivity contribution in [3.8, 4) is 0 Å². The molecule has 0 unspecified atom stereocenters. The number of hydrogen-bond donors (Lipinski definition) is 2. The monoisotopic (exact) mass is 288 g/mol. The number of nitrogens with zero attached hydrogens (tertiary/aromatic N) is 2. The lowest BCUT2D eigenvalue weighted by Gasteiger charge is -2.32. The van der Waals surface area contributed by atoms with Crippen LogP contribution in [0.4, 0.5) is 5.82 Å². The zero-order valence-corrected chi connectivity index (χ0v) is 12.8. The fourth-order valence-electron chi connectivity index (χ4n) is 2.81. The summed E-state index contributed by atoms with van der Waals surface area (Å²) in [7, 11) is 0. The summed E-state index contributed by atoms with van der Waals surface area (Å²) in [6, 6.07) is 10.2. The van der Waals surface area contributed by atoms with Crippen LogP contribution in [0.2, 0.25) is 0 Å². The Labute approximate surface area is 126 Å². The van der Waals surface area contributed by atoms with Gasteiger partial charge < -0.3 is 15.1 Å². The first-order valence-corrected chi connectivity index (χ1v) is 7.62. The van der Waals surface area contributed by atoms with Gasteiger partial charge in [0.2, 0.25) is 0 Å². The molecule has 4 nitrogen and oxygen atoms in total. The molecule has 1 aromatic heterocycles. The van der Waals surface area contributed by atoms with Crippen molar-refractivity contribution in [2.75, 3.05) is 18.1 Å². The summed E-state index contributed by atoms with van der Waals surface area (Å²) in [5.41, 5.74) is 1.73. The van der Waals surface area contributed by atoms with Crippen LogP contribution in [-0.4, -0.2) is 34.4 Å². The molecule has 0 radical (unpaired) electrons. The normalized spacial score (nSPS) is 11.3. The first kappa shape index (κ1) is 15.7. The van der Waals surface area contributed by atoms with Crippen LogP contribution in [0.5, 0.6) is 0 Å². The Bertz CT molecular complexity index is 582. The molecule has 2 rings (SSSR count). The first-order valence-electron chi connectivity index (χ1n) is 7.62. The van der Waals surface area contributed by atoms with Crippen molar-refractivity contribution in [2.45, 2.75) is 39.3 Å². The number of para-hydroxylation sites is 1. The van der Waals surface area contributed by atoms with E-state index >= 15 is 0 Å². The van der Waals surface area contributed by atoms with Crippen LogP contribution in [-0.2, 0) is 6.61 Å². The molecular weight excluding hydrogens is 264 g/mol. The summed E-state index contributed by atoms with van der Waals surface area (Å²) in [4.78, 5) is 6.86. The van der Waals surface area contributed by atoms with Gasteiger partial charge in [0.1, 0.15) is 5.82 Å². The van der Waals surface area contributed by atoms with Crippen LogP contribution in [0.15, 0.2) is 30.3 Å². The average molecular weight is 288 g/mol. The molecule has 0 aliphatic carbocycles. The lowest BCUT2D eigenvalue weighted by atomic mass is 10.1. The molecule has 114 valence electrons. The van der Waals surface area contributed by atoms with Crippen LogP contribution in [0, 0.1) is 0 Å². The van der Waals surface area contributed by atoms with Gasteiger partial charge in [-0.3, -0.25) is 0 Å².